The van der Waals surface area contributed by atoms with Gasteiger partial charge in [-0.15, -0.1) is 0 Å². The van der Waals surface area contributed by atoms with Crippen LogP contribution in [-0.2, 0) is 0 Å². The molecule has 0 saturated heterocycles. The normalized spacial score (nSPS) is 56.7. The van der Waals surface area contributed by atoms with Crippen LogP contribution in [0.25, 0.3) is 0 Å². The van der Waals surface area contributed by atoms with Crippen molar-refractivity contribution in [3.8, 4) is 0 Å². The highest BCUT2D eigenvalue weighted by Gasteiger charge is 2.42. The summed E-state index contributed by atoms with van der Waals surface area (Å²) in [6.45, 7) is 2.32. The summed E-state index contributed by atoms with van der Waals surface area (Å²) in [6, 6.07) is 0. The minimum absolute atomic E-state index is 0.0613. The summed E-state index contributed by atoms with van der Waals surface area (Å²) in [5, 5.41) is 9.34. The van der Waals surface area contributed by atoms with Gasteiger partial charge in [-0.2, -0.15) is 0 Å². The average Bonchev–Trinajstić information content (AvgIpc) is 2.24. The number of aliphatic hydroxyl groups is 1. The van der Waals surface area contributed by atoms with E-state index in [0.717, 1.165) is 18.3 Å². The van der Waals surface area contributed by atoms with E-state index < -0.39 is 0 Å². The van der Waals surface area contributed by atoms with E-state index in [1.54, 1.807) is 0 Å². The number of hydrogen-bond acceptors (Lipinski definition) is 1. The lowest BCUT2D eigenvalue weighted by molar-refractivity contribution is 0.0985. The Labute approximate surface area is 56.1 Å². The highest BCUT2D eigenvalue weighted by Crippen LogP contribution is 2.47. The standard InChI is InChI=1S/C8H14O/c1-5-2-7-3-6(5)4-8(7)9/h5-9H,2-4H2,1H3/t5-,6?,7?,8?/m1/s1. The van der Waals surface area contributed by atoms with Gasteiger partial charge in [-0.25, -0.2) is 0 Å². The number of rotatable bonds is 0. The summed E-state index contributed by atoms with van der Waals surface area (Å²) in [4.78, 5) is 0. The molecule has 0 radical (unpaired) electrons. The van der Waals surface area contributed by atoms with Gasteiger partial charge in [0.25, 0.3) is 0 Å². The molecule has 0 spiro atoms. The van der Waals surface area contributed by atoms with Crippen molar-refractivity contribution in [1.29, 1.82) is 0 Å². The lowest BCUT2D eigenvalue weighted by Gasteiger charge is -2.20. The van der Waals surface area contributed by atoms with Gasteiger partial charge in [0, 0.05) is 0 Å². The second kappa shape index (κ2) is 1.72. The van der Waals surface area contributed by atoms with Gasteiger partial charge in [0.2, 0.25) is 0 Å². The van der Waals surface area contributed by atoms with Gasteiger partial charge in [0.1, 0.15) is 0 Å². The van der Waals surface area contributed by atoms with Crippen molar-refractivity contribution in [3.05, 3.63) is 0 Å². The van der Waals surface area contributed by atoms with Crippen molar-refractivity contribution >= 4 is 0 Å². The molecule has 2 aliphatic carbocycles. The zero-order valence-corrected chi connectivity index (χ0v) is 5.88. The molecule has 1 N–H and O–H groups in total. The topological polar surface area (TPSA) is 20.2 Å². The first kappa shape index (κ1) is 5.72. The van der Waals surface area contributed by atoms with Crippen LogP contribution < -0.4 is 0 Å². The van der Waals surface area contributed by atoms with Crippen LogP contribution in [0.2, 0.25) is 0 Å². The predicted molar refractivity (Wildman–Crippen MR) is 36.0 cm³/mol. The second-order valence-corrected chi connectivity index (χ2v) is 3.77. The van der Waals surface area contributed by atoms with Crippen LogP contribution in [0.1, 0.15) is 26.2 Å². The Morgan fingerprint density at radius 2 is 1.89 bits per heavy atom. The summed E-state index contributed by atoms with van der Waals surface area (Å²) >= 11 is 0. The molecular formula is C8H14O. The van der Waals surface area contributed by atoms with Gasteiger partial charge in [-0.3, -0.25) is 0 Å². The van der Waals surface area contributed by atoms with Crippen molar-refractivity contribution in [2.45, 2.75) is 32.3 Å². The first-order valence-corrected chi connectivity index (χ1v) is 3.95. The summed E-state index contributed by atoms with van der Waals surface area (Å²) in [6.07, 6.45) is 3.74. The van der Waals surface area contributed by atoms with Gasteiger partial charge in [0.15, 0.2) is 0 Å². The van der Waals surface area contributed by atoms with E-state index in [9.17, 15) is 5.11 Å². The minimum atomic E-state index is 0.0613. The fourth-order valence-electron chi connectivity index (χ4n) is 2.53. The number of aliphatic hydroxyl groups excluding tert-OH is 1. The van der Waals surface area contributed by atoms with E-state index in [4.69, 9.17) is 0 Å². The lowest BCUT2D eigenvalue weighted by atomic mass is 9.89. The van der Waals surface area contributed by atoms with Crippen LogP contribution in [0.4, 0.5) is 0 Å². The number of hydrogen-bond donors (Lipinski definition) is 1. The zero-order valence-electron chi connectivity index (χ0n) is 5.88. The van der Waals surface area contributed by atoms with Crippen LogP contribution >= 0.6 is 0 Å². The molecule has 2 fully saturated rings. The maximum Gasteiger partial charge on any atom is 0.0571 e. The molecule has 0 aromatic rings. The molecule has 0 aliphatic heterocycles. The van der Waals surface area contributed by atoms with E-state index in [1.165, 1.54) is 12.8 Å². The van der Waals surface area contributed by atoms with E-state index in [2.05, 4.69) is 6.92 Å². The van der Waals surface area contributed by atoms with Crippen LogP contribution in [0.15, 0.2) is 0 Å². The molecule has 2 aliphatic rings. The van der Waals surface area contributed by atoms with Crippen molar-refractivity contribution in [2.75, 3.05) is 0 Å². The Morgan fingerprint density at radius 1 is 1.11 bits per heavy atom. The molecule has 0 aromatic carbocycles. The third kappa shape index (κ3) is 0.710. The maximum atomic E-state index is 9.34. The fourth-order valence-corrected chi connectivity index (χ4v) is 2.53. The highest BCUT2D eigenvalue weighted by molar-refractivity contribution is 4.93. The van der Waals surface area contributed by atoms with Gasteiger partial charge in [0.05, 0.1) is 6.10 Å². The molecule has 52 valence electrons. The lowest BCUT2D eigenvalue weighted by Crippen LogP contribution is -2.19. The van der Waals surface area contributed by atoms with Gasteiger partial charge >= 0.3 is 0 Å². The smallest absolute Gasteiger partial charge is 0.0571 e. The van der Waals surface area contributed by atoms with E-state index in [-0.39, 0.29) is 6.10 Å². The number of fused-ring (bicyclic) bond motifs is 2. The van der Waals surface area contributed by atoms with Crippen molar-refractivity contribution in [1.82, 2.24) is 0 Å². The molecule has 0 heterocycles. The monoisotopic (exact) mass is 126 g/mol. The minimum Gasteiger partial charge on any atom is -0.393 e. The van der Waals surface area contributed by atoms with Gasteiger partial charge in [-0.1, -0.05) is 6.92 Å². The van der Waals surface area contributed by atoms with Crippen LogP contribution in [0.5, 0.6) is 0 Å². The molecule has 0 aromatic heterocycles. The summed E-state index contributed by atoms with van der Waals surface area (Å²) in [5.74, 6) is 2.44. The maximum absolute atomic E-state index is 9.34. The molecule has 2 rings (SSSR count). The summed E-state index contributed by atoms with van der Waals surface area (Å²) < 4.78 is 0. The molecule has 9 heavy (non-hydrogen) atoms. The van der Waals surface area contributed by atoms with Crippen molar-refractivity contribution in [2.24, 2.45) is 17.8 Å². The quantitative estimate of drug-likeness (QED) is 0.520. The highest BCUT2D eigenvalue weighted by atomic mass is 16.3. The van der Waals surface area contributed by atoms with Crippen LogP contribution in [0, 0.1) is 17.8 Å². The van der Waals surface area contributed by atoms with Crippen LogP contribution in [-0.4, -0.2) is 11.2 Å². The fraction of sp³-hybridized carbons (Fsp3) is 1.00. The van der Waals surface area contributed by atoms with Crippen molar-refractivity contribution < 1.29 is 5.11 Å². The first-order valence-electron chi connectivity index (χ1n) is 3.95. The zero-order chi connectivity index (χ0) is 6.43. The third-order valence-electron chi connectivity index (χ3n) is 3.17. The molecule has 1 heteroatoms. The molecule has 4 atom stereocenters. The summed E-state index contributed by atoms with van der Waals surface area (Å²) in [5.41, 5.74) is 0. The Balaban J connectivity index is 2.10. The van der Waals surface area contributed by atoms with E-state index in [1.807, 2.05) is 0 Å². The van der Waals surface area contributed by atoms with E-state index >= 15 is 0 Å². The molecule has 2 bridgehead atoms. The predicted octanol–water partition coefficient (Wildman–Crippen LogP) is 1.41. The van der Waals surface area contributed by atoms with Gasteiger partial charge < -0.3 is 5.11 Å². The molecule has 0 amide bonds. The second-order valence-electron chi connectivity index (χ2n) is 3.77. The largest absolute Gasteiger partial charge is 0.393 e. The SMILES string of the molecule is C[C@@H]1CC2CC1CC2O. The van der Waals surface area contributed by atoms with Gasteiger partial charge in [-0.05, 0) is 37.0 Å². The molecule has 3 unspecified atom stereocenters. The average molecular weight is 126 g/mol. The summed E-state index contributed by atoms with van der Waals surface area (Å²) in [7, 11) is 0. The van der Waals surface area contributed by atoms with E-state index in [0.29, 0.717) is 5.92 Å². The molecule has 2 saturated carbocycles. The van der Waals surface area contributed by atoms with Crippen LogP contribution in [0.3, 0.4) is 0 Å². The Kier molecular flexibility index (Phi) is 1.10. The molecular weight excluding hydrogens is 112 g/mol. The Hall–Kier alpha value is -0.0400. The van der Waals surface area contributed by atoms with Crippen molar-refractivity contribution in [3.63, 3.8) is 0 Å². The molecule has 1 nitrogen and oxygen atoms in total. The first-order chi connectivity index (χ1) is 4.27. The third-order valence-corrected chi connectivity index (χ3v) is 3.17. The Bertz CT molecular complexity index is 104. The Morgan fingerprint density at radius 3 is 2.22 bits per heavy atom.